The number of ether oxygens (including phenoxy) is 9. The lowest BCUT2D eigenvalue weighted by Crippen LogP contribution is -2.65. The first-order chi connectivity index (χ1) is 21.7. The summed E-state index contributed by atoms with van der Waals surface area (Å²) in [5, 5.41) is 0. The lowest BCUT2D eigenvalue weighted by Gasteiger charge is -2.47. The highest BCUT2D eigenvalue weighted by Gasteiger charge is 2.55. The molecule has 2 fully saturated rings. The predicted molar refractivity (Wildman–Crippen MR) is 153 cm³/mol. The smallest absolute Gasteiger partial charge is 0.338 e. The van der Waals surface area contributed by atoms with Crippen molar-refractivity contribution >= 4 is 35.8 Å². The van der Waals surface area contributed by atoms with Crippen LogP contribution < -0.4 is 0 Å². The Bertz CT molecular complexity index is 1290. The minimum Gasteiger partial charge on any atom is -0.463 e. The zero-order valence-electron chi connectivity index (χ0n) is 26.3. The maximum Gasteiger partial charge on any atom is 0.338 e. The third kappa shape index (κ3) is 9.58. The van der Waals surface area contributed by atoms with Crippen molar-refractivity contribution in [3.8, 4) is 0 Å². The number of esters is 6. The van der Waals surface area contributed by atoms with Crippen LogP contribution in [0.3, 0.4) is 0 Å². The number of hydrogen-bond acceptors (Lipinski definition) is 15. The monoisotopic (exact) mass is 650 g/mol. The van der Waals surface area contributed by atoms with E-state index in [9.17, 15) is 28.8 Å². The average Bonchev–Trinajstić information content (AvgIpc) is 2.97. The van der Waals surface area contributed by atoms with E-state index in [2.05, 4.69) is 6.58 Å². The van der Waals surface area contributed by atoms with Gasteiger partial charge in [0.2, 0.25) is 0 Å². The third-order valence-corrected chi connectivity index (χ3v) is 6.91. The van der Waals surface area contributed by atoms with Crippen molar-refractivity contribution in [2.24, 2.45) is 0 Å². The molecule has 1 saturated carbocycles. The van der Waals surface area contributed by atoms with Crippen molar-refractivity contribution in [1.29, 1.82) is 0 Å². The summed E-state index contributed by atoms with van der Waals surface area (Å²) in [6, 6.07) is 8.04. The highest BCUT2D eigenvalue weighted by Crippen LogP contribution is 2.37. The molecule has 0 N–H and O–H groups in total. The van der Waals surface area contributed by atoms with Gasteiger partial charge in [0, 0.05) is 48.1 Å². The number of hydrogen-bond donors (Lipinski definition) is 0. The summed E-state index contributed by atoms with van der Waals surface area (Å²) < 4.78 is 50.7. The van der Waals surface area contributed by atoms with Gasteiger partial charge < -0.3 is 42.6 Å². The first-order valence-electron chi connectivity index (χ1n) is 14.3. The molecule has 2 aliphatic rings. The van der Waals surface area contributed by atoms with Crippen molar-refractivity contribution in [3.05, 3.63) is 48.0 Å². The van der Waals surface area contributed by atoms with Crippen LogP contribution >= 0.6 is 0 Å². The molecule has 15 heteroatoms. The molecule has 0 spiro atoms. The van der Waals surface area contributed by atoms with Gasteiger partial charge in [-0.25, -0.2) is 4.79 Å². The molecule has 0 bridgehead atoms. The first kappa shape index (κ1) is 36.1. The summed E-state index contributed by atoms with van der Waals surface area (Å²) in [7, 11) is 1.26. The fraction of sp³-hybridized carbons (Fsp3) is 0.548. The van der Waals surface area contributed by atoms with E-state index in [4.69, 9.17) is 42.6 Å². The SMILES string of the molecule is C=C1C[C@H](O[C@H]2[C@H](OC(C)=O)[C@@H](OC(C)=O)[C@@H](OC)O[C@@H]2COC(C)=O)[C@H](OC(C)=O)[C@@H](OC(C)=O)[C@@H]1OC(=O)c1ccccc1. The minimum atomic E-state index is -1.43. The van der Waals surface area contributed by atoms with Crippen LogP contribution in [0.4, 0.5) is 0 Å². The summed E-state index contributed by atoms with van der Waals surface area (Å²) in [4.78, 5) is 73.7. The Kier molecular flexibility index (Phi) is 12.8. The topological polar surface area (TPSA) is 185 Å². The molecule has 1 aromatic carbocycles. The standard InChI is InChI=1S/C31H38O15/c1-15-13-22(25(40-17(3)33)27(41-18(4)34)24(15)46-30(37)21-11-9-8-10-12-21)44-26-23(14-39-16(2)32)45-31(38-7)29(43-20(6)36)28(26)42-19(5)35/h8-12,22-29,31H,1,13-14H2,2-7H3/t22-,23+,24+,25-,26+,27-,28-,29+,31-/m0/s1. The Balaban J connectivity index is 2.05. The highest BCUT2D eigenvalue weighted by atomic mass is 16.7. The second kappa shape index (κ2) is 16.3. The summed E-state index contributed by atoms with van der Waals surface area (Å²) in [6.07, 6.45) is -12.0. The maximum atomic E-state index is 13.0. The number of methoxy groups -OCH3 is 1. The van der Waals surface area contributed by atoms with E-state index in [0.29, 0.717) is 0 Å². The van der Waals surface area contributed by atoms with E-state index in [-0.39, 0.29) is 17.6 Å². The molecule has 0 radical (unpaired) electrons. The van der Waals surface area contributed by atoms with Gasteiger partial charge in [-0.3, -0.25) is 24.0 Å². The molecule has 0 aromatic heterocycles. The number of carbonyl (C=O) groups excluding carboxylic acids is 6. The maximum absolute atomic E-state index is 13.0. The van der Waals surface area contributed by atoms with Crippen molar-refractivity contribution in [3.63, 3.8) is 0 Å². The van der Waals surface area contributed by atoms with Crippen LogP contribution in [0.25, 0.3) is 0 Å². The largest absolute Gasteiger partial charge is 0.463 e. The quantitative estimate of drug-likeness (QED) is 0.191. The lowest BCUT2D eigenvalue weighted by molar-refractivity contribution is -0.317. The van der Waals surface area contributed by atoms with Gasteiger partial charge in [0.15, 0.2) is 36.8 Å². The predicted octanol–water partition coefficient (Wildman–Crippen LogP) is 1.59. The molecule has 0 unspecified atom stereocenters. The van der Waals surface area contributed by atoms with Crippen molar-refractivity contribution in [2.75, 3.05) is 13.7 Å². The van der Waals surface area contributed by atoms with Gasteiger partial charge in [-0.1, -0.05) is 24.8 Å². The van der Waals surface area contributed by atoms with Gasteiger partial charge in [-0.15, -0.1) is 0 Å². The molecule has 1 heterocycles. The van der Waals surface area contributed by atoms with Gasteiger partial charge in [-0.2, -0.15) is 0 Å². The second-order valence-corrected chi connectivity index (χ2v) is 10.6. The van der Waals surface area contributed by atoms with Crippen LogP contribution in [0, 0.1) is 0 Å². The van der Waals surface area contributed by atoms with E-state index in [0.717, 1.165) is 27.7 Å². The van der Waals surface area contributed by atoms with Gasteiger partial charge in [-0.05, 0) is 17.7 Å². The van der Waals surface area contributed by atoms with Gasteiger partial charge >= 0.3 is 35.8 Å². The Morgan fingerprint density at radius 3 is 1.80 bits per heavy atom. The van der Waals surface area contributed by atoms with Crippen molar-refractivity contribution < 1.29 is 71.4 Å². The van der Waals surface area contributed by atoms with Crippen molar-refractivity contribution in [1.82, 2.24) is 0 Å². The molecule has 1 aliphatic carbocycles. The molecule has 252 valence electrons. The van der Waals surface area contributed by atoms with Crippen LogP contribution in [0.5, 0.6) is 0 Å². The molecule has 1 saturated heterocycles. The fourth-order valence-electron chi connectivity index (χ4n) is 5.21. The zero-order valence-corrected chi connectivity index (χ0v) is 26.3. The number of carbonyl (C=O) groups is 6. The highest BCUT2D eigenvalue weighted by molar-refractivity contribution is 5.89. The molecule has 9 atom stereocenters. The summed E-state index contributed by atoms with van der Waals surface area (Å²) >= 11 is 0. The van der Waals surface area contributed by atoms with E-state index in [1.54, 1.807) is 18.2 Å². The molecule has 1 aliphatic heterocycles. The number of rotatable bonds is 11. The van der Waals surface area contributed by atoms with E-state index >= 15 is 0 Å². The molecule has 3 rings (SSSR count). The van der Waals surface area contributed by atoms with E-state index in [1.165, 1.54) is 26.2 Å². The Hall–Kier alpha value is -4.34. The molecule has 0 amide bonds. The molecular formula is C31H38O15. The lowest BCUT2D eigenvalue weighted by atomic mass is 9.84. The summed E-state index contributed by atoms with van der Waals surface area (Å²) in [5.41, 5.74) is 0.438. The Labute approximate surface area is 265 Å². The van der Waals surface area contributed by atoms with Crippen LogP contribution in [-0.2, 0) is 66.6 Å². The zero-order chi connectivity index (χ0) is 34.1. The van der Waals surface area contributed by atoms with E-state index in [1.807, 2.05) is 0 Å². The van der Waals surface area contributed by atoms with Crippen LogP contribution in [0.2, 0.25) is 0 Å². The minimum absolute atomic E-state index is 0.127. The molecule has 46 heavy (non-hydrogen) atoms. The summed E-state index contributed by atoms with van der Waals surface area (Å²) in [6.45, 7) is 9.24. The normalized spacial score (nSPS) is 29.1. The number of benzene rings is 1. The third-order valence-electron chi connectivity index (χ3n) is 6.91. The fourth-order valence-corrected chi connectivity index (χ4v) is 5.21. The van der Waals surface area contributed by atoms with Crippen LogP contribution in [0.1, 0.15) is 51.4 Å². The second-order valence-electron chi connectivity index (χ2n) is 10.6. The van der Waals surface area contributed by atoms with Crippen LogP contribution in [0.15, 0.2) is 42.5 Å². The molecular weight excluding hydrogens is 612 g/mol. The molecule has 15 nitrogen and oxygen atoms in total. The summed E-state index contributed by atoms with van der Waals surface area (Å²) in [5.74, 6) is -4.54. The first-order valence-corrected chi connectivity index (χ1v) is 14.3. The molecule has 1 aromatic rings. The Morgan fingerprint density at radius 1 is 0.717 bits per heavy atom. The average molecular weight is 651 g/mol. The van der Waals surface area contributed by atoms with Crippen molar-refractivity contribution in [2.45, 2.75) is 96.2 Å². The van der Waals surface area contributed by atoms with Crippen LogP contribution in [-0.4, -0.2) is 105 Å². The van der Waals surface area contributed by atoms with E-state index < -0.39 is 97.5 Å². The van der Waals surface area contributed by atoms with Gasteiger partial charge in [0.25, 0.3) is 0 Å². The van der Waals surface area contributed by atoms with Gasteiger partial charge in [0.05, 0.1) is 5.56 Å². The van der Waals surface area contributed by atoms with Gasteiger partial charge in [0.1, 0.15) is 24.9 Å². The Morgan fingerprint density at radius 2 is 1.26 bits per heavy atom.